The Kier molecular flexibility index (Phi) is 5.04. The number of hydrogen-bond donors (Lipinski definition) is 1. The van der Waals surface area contributed by atoms with Crippen LogP contribution in [0.5, 0.6) is 5.75 Å². The summed E-state index contributed by atoms with van der Waals surface area (Å²) < 4.78 is 7.62. The summed E-state index contributed by atoms with van der Waals surface area (Å²) in [6.45, 7) is 7.58. The van der Waals surface area contributed by atoms with E-state index in [2.05, 4.69) is 35.9 Å². The Bertz CT molecular complexity index is 580. The van der Waals surface area contributed by atoms with Gasteiger partial charge in [0.1, 0.15) is 5.75 Å². The summed E-state index contributed by atoms with van der Waals surface area (Å²) in [4.78, 5) is 11.7. The molecule has 1 heterocycles. The molecule has 4 nitrogen and oxygen atoms in total. The first kappa shape index (κ1) is 15.2. The maximum Gasteiger partial charge on any atom is 0.258 e. The van der Waals surface area contributed by atoms with Crippen molar-refractivity contribution in [2.75, 3.05) is 13.2 Å². The Morgan fingerprint density at radius 2 is 1.67 bits per heavy atom. The quantitative estimate of drug-likeness (QED) is 0.887. The lowest BCUT2D eigenvalue weighted by Crippen LogP contribution is -2.31. The number of hydrogen-bond acceptors (Lipinski definition) is 2. The molecule has 1 amide bonds. The van der Waals surface area contributed by atoms with Crippen molar-refractivity contribution in [2.24, 2.45) is 0 Å². The smallest absolute Gasteiger partial charge is 0.258 e. The third kappa shape index (κ3) is 4.38. The highest BCUT2D eigenvalue weighted by Gasteiger charge is 2.04. The highest BCUT2D eigenvalue weighted by atomic mass is 16.5. The summed E-state index contributed by atoms with van der Waals surface area (Å²) in [5, 5.41) is 2.87. The SMILES string of the molecule is Cc1ccc(OCC(=O)NCCn2c(C)ccc2C)cc1. The molecular formula is C17H22N2O2. The fraction of sp³-hybridized carbons (Fsp3) is 0.353. The number of aromatic nitrogens is 1. The lowest BCUT2D eigenvalue weighted by Gasteiger charge is -2.11. The first-order chi connectivity index (χ1) is 10.1. The van der Waals surface area contributed by atoms with E-state index in [1.807, 2.05) is 31.2 Å². The van der Waals surface area contributed by atoms with Crippen LogP contribution in [0.2, 0.25) is 0 Å². The van der Waals surface area contributed by atoms with Gasteiger partial charge in [0.15, 0.2) is 6.61 Å². The van der Waals surface area contributed by atoms with Gasteiger partial charge in [-0.3, -0.25) is 4.79 Å². The van der Waals surface area contributed by atoms with Crippen molar-refractivity contribution in [3.05, 3.63) is 53.3 Å². The van der Waals surface area contributed by atoms with Crippen LogP contribution in [-0.4, -0.2) is 23.6 Å². The predicted octanol–water partition coefficient (Wildman–Crippen LogP) is 2.61. The minimum Gasteiger partial charge on any atom is -0.484 e. The number of carbonyl (C=O) groups is 1. The average Bonchev–Trinajstić information content (AvgIpc) is 2.78. The standard InChI is InChI=1S/C17H22N2O2/c1-13-4-8-16(9-5-13)21-12-17(20)18-10-11-19-14(2)6-7-15(19)3/h4-9H,10-12H2,1-3H3,(H,18,20). The van der Waals surface area contributed by atoms with E-state index >= 15 is 0 Å². The van der Waals surface area contributed by atoms with Gasteiger partial charge in [-0.1, -0.05) is 17.7 Å². The summed E-state index contributed by atoms with van der Waals surface area (Å²) in [5.74, 6) is 0.617. The van der Waals surface area contributed by atoms with E-state index in [0.717, 1.165) is 6.54 Å². The molecule has 112 valence electrons. The molecular weight excluding hydrogens is 264 g/mol. The topological polar surface area (TPSA) is 43.3 Å². The summed E-state index contributed by atoms with van der Waals surface area (Å²) in [6.07, 6.45) is 0. The molecule has 21 heavy (non-hydrogen) atoms. The summed E-state index contributed by atoms with van der Waals surface area (Å²) in [5.41, 5.74) is 3.58. The molecule has 0 aliphatic heterocycles. The zero-order valence-corrected chi connectivity index (χ0v) is 12.8. The zero-order chi connectivity index (χ0) is 15.2. The van der Waals surface area contributed by atoms with Gasteiger partial charge in [-0.2, -0.15) is 0 Å². The zero-order valence-electron chi connectivity index (χ0n) is 12.8. The molecule has 2 aromatic rings. The molecule has 0 aliphatic rings. The monoisotopic (exact) mass is 286 g/mol. The van der Waals surface area contributed by atoms with E-state index in [4.69, 9.17) is 4.74 Å². The number of ether oxygens (including phenoxy) is 1. The molecule has 0 spiro atoms. The van der Waals surface area contributed by atoms with Gasteiger partial charge in [-0.05, 0) is 45.0 Å². The Morgan fingerprint density at radius 1 is 1.05 bits per heavy atom. The number of nitrogens with one attached hydrogen (secondary N) is 1. The van der Waals surface area contributed by atoms with Gasteiger partial charge in [-0.25, -0.2) is 0 Å². The van der Waals surface area contributed by atoms with Gasteiger partial charge in [-0.15, -0.1) is 0 Å². The van der Waals surface area contributed by atoms with Crippen molar-refractivity contribution in [2.45, 2.75) is 27.3 Å². The number of carbonyl (C=O) groups excluding carboxylic acids is 1. The molecule has 0 aliphatic carbocycles. The molecule has 0 atom stereocenters. The average molecular weight is 286 g/mol. The Hall–Kier alpha value is -2.23. The molecule has 0 radical (unpaired) electrons. The van der Waals surface area contributed by atoms with Gasteiger partial charge < -0.3 is 14.6 Å². The minimum atomic E-state index is -0.0990. The molecule has 0 unspecified atom stereocenters. The number of rotatable bonds is 6. The van der Waals surface area contributed by atoms with E-state index in [-0.39, 0.29) is 12.5 Å². The van der Waals surface area contributed by atoms with Crippen LogP contribution in [0.1, 0.15) is 17.0 Å². The highest BCUT2D eigenvalue weighted by Crippen LogP contribution is 2.11. The fourth-order valence-corrected chi connectivity index (χ4v) is 2.19. The van der Waals surface area contributed by atoms with Crippen LogP contribution in [0, 0.1) is 20.8 Å². The van der Waals surface area contributed by atoms with Crippen molar-refractivity contribution < 1.29 is 9.53 Å². The van der Waals surface area contributed by atoms with E-state index < -0.39 is 0 Å². The molecule has 0 saturated carbocycles. The maximum atomic E-state index is 11.7. The van der Waals surface area contributed by atoms with Gasteiger partial charge in [0.25, 0.3) is 5.91 Å². The van der Waals surface area contributed by atoms with E-state index in [9.17, 15) is 4.79 Å². The van der Waals surface area contributed by atoms with Crippen LogP contribution in [-0.2, 0) is 11.3 Å². The normalized spacial score (nSPS) is 10.4. The number of aryl methyl sites for hydroxylation is 3. The minimum absolute atomic E-state index is 0.0483. The van der Waals surface area contributed by atoms with Crippen LogP contribution in [0.3, 0.4) is 0 Å². The second-order valence-corrected chi connectivity index (χ2v) is 5.22. The van der Waals surface area contributed by atoms with Crippen molar-refractivity contribution in [1.29, 1.82) is 0 Å². The second-order valence-electron chi connectivity index (χ2n) is 5.22. The predicted molar refractivity (Wildman–Crippen MR) is 83.6 cm³/mol. The third-order valence-corrected chi connectivity index (χ3v) is 3.47. The molecule has 4 heteroatoms. The van der Waals surface area contributed by atoms with Crippen molar-refractivity contribution in [3.8, 4) is 5.75 Å². The lowest BCUT2D eigenvalue weighted by atomic mass is 10.2. The van der Waals surface area contributed by atoms with Crippen LogP contribution < -0.4 is 10.1 Å². The summed E-state index contributed by atoms with van der Waals surface area (Å²) in [6, 6.07) is 11.8. The molecule has 1 aromatic heterocycles. The Morgan fingerprint density at radius 3 is 2.29 bits per heavy atom. The van der Waals surface area contributed by atoms with Crippen LogP contribution in [0.15, 0.2) is 36.4 Å². The number of benzene rings is 1. The summed E-state index contributed by atoms with van der Waals surface area (Å²) >= 11 is 0. The number of amides is 1. The summed E-state index contributed by atoms with van der Waals surface area (Å²) in [7, 11) is 0. The third-order valence-electron chi connectivity index (χ3n) is 3.47. The first-order valence-corrected chi connectivity index (χ1v) is 7.15. The lowest BCUT2D eigenvalue weighted by molar-refractivity contribution is -0.123. The fourth-order valence-electron chi connectivity index (χ4n) is 2.19. The largest absolute Gasteiger partial charge is 0.484 e. The van der Waals surface area contributed by atoms with Crippen LogP contribution >= 0.6 is 0 Å². The Labute approximate surface area is 125 Å². The van der Waals surface area contributed by atoms with Crippen LogP contribution in [0.4, 0.5) is 0 Å². The van der Waals surface area contributed by atoms with Gasteiger partial charge in [0.05, 0.1) is 0 Å². The van der Waals surface area contributed by atoms with Crippen molar-refractivity contribution in [1.82, 2.24) is 9.88 Å². The molecule has 0 fully saturated rings. The second kappa shape index (κ2) is 6.97. The van der Waals surface area contributed by atoms with Crippen LogP contribution in [0.25, 0.3) is 0 Å². The Balaban J connectivity index is 1.71. The molecule has 1 N–H and O–H groups in total. The van der Waals surface area contributed by atoms with Crippen molar-refractivity contribution in [3.63, 3.8) is 0 Å². The van der Waals surface area contributed by atoms with Gasteiger partial charge in [0.2, 0.25) is 0 Å². The molecule has 0 saturated heterocycles. The van der Waals surface area contributed by atoms with Gasteiger partial charge in [0, 0.05) is 24.5 Å². The van der Waals surface area contributed by atoms with Gasteiger partial charge >= 0.3 is 0 Å². The first-order valence-electron chi connectivity index (χ1n) is 7.15. The molecule has 2 rings (SSSR count). The van der Waals surface area contributed by atoms with Crippen molar-refractivity contribution >= 4 is 5.91 Å². The molecule has 0 bridgehead atoms. The number of nitrogens with zero attached hydrogens (tertiary/aromatic N) is 1. The highest BCUT2D eigenvalue weighted by molar-refractivity contribution is 5.77. The van der Waals surface area contributed by atoms with E-state index in [1.54, 1.807) is 0 Å². The van der Waals surface area contributed by atoms with E-state index in [0.29, 0.717) is 12.3 Å². The molecule has 1 aromatic carbocycles. The maximum absolute atomic E-state index is 11.7. The van der Waals surface area contributed by atoms with E-state index in [1.165, 1.54) is 17.0 Å².